The van der Waals surface area contributed by atoms with Crippen LogP contribution >= 0.6 is 11.3 Å². The molecule has 0 aliphatic carbocycles. The first kappa shape index (κ1) is 15.8. The van der Waals surface area contributed by atoms with E-state index in [1.807, 2.05) is 47.2 Å². The van der Waals surface area contributed by atoms with Crippen LogP contribution in [-0.2, 0) is 14.3 Å². The van der Waals surface area contributed by atoms with Crippen LogP contribution in [0.5, 0.6) is 0 Å². The summed E-state index contributed by atoms with van der Waals surface area (Å²) in [6.45, 7) is 3.96. The van der Waals surface area contributed by atoms with Gasteiger partial charge in [0.05, 0.1) is 23.7 Å². The largest absolute Gasteiger partial charge is 0.465 e. The van der Waals surface area contributed by atoms with E-state index < -0.39 is 17.9 Å². The van der Waals surface area contributed by atoms with E-state index in [9.17, 15) is 9.59 Å². The number of fused-ring (bicyclic) bond motifs is 3. The number of aryl methyl sites for hydroxylation is 1. The normalized spacial score (nSPS) is 19.5. The Bertz CT molecular complexity index is 975. The number of imidazole rings is 1. The summed E-state index contributed by atoms with van der Waals surface area (Å²) in [6, 6.07) is 9.19. The predicted octanol–water partition coefficient (Wildman–Crippen LogP) is 3.13. The monoisotopic (exact) mass is 355 g/mol. The minimum atomic E-state index is -0.942. The first-order valence-electron chi connectivity index (χ1n) is 8.10. The second kappa shape index (κ2) is 6.00. The molecule has 0 bridgehead atoms. The average Bonchev–Trinajstić information content (AvgIpc) is 3.16. The molecule has 3 heterocycles. The van der Waals surface area contributed by atoms with Crippen molar-refractivity contribution in [1.29, 1.82) is 0 Å². The number of nitrogens with zero attached hydrogens (tertiary/aromatic N) is 2. The minimum absolute atomic E-state index is 0.232. The smallest absolute Gasteiger partial charge is 0.321 e. The second-order valence-electron chi connectivity index (χ2n) is 5.93. The summed E-state index contributed by atoms with van der Waals surface area (Å²) in [5.41, 5.74) is 2.70. The summed E-state index contributed by atoms with van der Waals surface area (Å²) < 4.78 is 7.14. The van der Waals surface area contributed by atoms with Gasteiger partial charge >= 0.3 is 5.97 Å². The molecule has 4 rings (SSSR count). The third kappa shape index (κ3) is 2.42. The van der Waals surface area contributed by atoms with Crippen molar-refractivity contribution in [3.8, 4) is 0 Å². The SMILES string of the molecule is CCOC(=O)[C@@H]1C(=O)Nc2nc3ccccc3n2[C@H]1c1sccc1C. The van der Waals surface area contributed by atoms with Gasteiger partial charge < -0.3 is 9.30 Å². The number of ether oxygens (including phenoxy) is 1. The number of anilines is 1. The molecule has 1 N–H and O–H groups in total. The Kier molecular flexibility index (Phi) is 3.80. The fourth-order valence-electron chi connectivity index (χ4n) is 3.32. The van der Waals surface area contributed by atoms with Gasteiger partial charge in [-0.05, 0) is 43.0 Å². The lowest BCUT2D eigenvalue weighted by Gasteiger charge is -2.31. The molecule has 1 aliphatic heterocycles. The van der Waals surface area contributed by atoms with Gasteiger partial charge in [-0.3, -0.25) is 14.9 Å². The van der Waals surface area contributed by atoms with Crippen molar-refractivity contribution >= 4 is 40.2 Å². The molecule has 0 radical (unpaired) electrons. The number of benzene rings is 1. The Morgan fingerprint density at radius 2 is 2.16 bits per heavy atom. The Morgan fingerprint density at radius 1 is 1.36 bits per heavy atom. The van der Waals surface area contributed by atoms with Crippen molar-refractivity contribution in [2.45, 2.75) is 19.9 Å². The van der Waals surface area contributed by atoms with Gasteiger partial charge in [-0.2, -0.15) is 0 Å². The van der Waals surface area contributed by atoms with E-state index in [0.29, 0.717) is 5.95 Å². The predicted molar refractivity (Wildman–Crippen MR) is 95.7 cm³/mol. The van der Waals surface area contributed by atoms with E-state index >= 15 is 0 Å². The maximum Gasteiger partial charge on any atom is 0.321 e. The van der Waals surface area contributed by atoms with Crippen molar-refractivity contribution in [3.05, 3.63) is 46.2 Å². The number of esters is 1. The number of nitrogens with one attached hydrogen (secondary N) is 1. The number of hydrogen-bond donors (Lipinski definition) is 1. The number of carbonyl (C=O) groups is 2. The van der Waals surface area contributed by atoms with Crippen LogP contribution in [-0.4, -0.2) is 28.0 Å². The van der Waals surface area contributed by atoms with Crippen LogP contribution in [0.2, 0.25) is 0 Å². The van der Waals surface area contributed by atoms with Gasteiger partial charge in [-0.1, -0.05) is 12.1 Å². The van der Waals surface area contributed by atoms with Gasteiger partial charge in [-0.15, -0.1) is 11.3 Å². The third-order valence-corrected chi connectivity index (χ3v) is 5.51. The quantitative estimate of drug-likeness (QED) is 0.579. The van der Waals surface area contributed by atoms with Crippen LogP contribution < -0.4 is 5.32 Å². The van der Waals surface area contributed by atoms with E-state index in [-0.39, 0.29) is 12.5 Å². The molecule has 0 unspecified atom stereocenters. The molecular formula is C18H17N3O3S. The zero-order chi connectivity index (χ0) is 17.6. The second-order valence-corrected chi connectivity index (χ2v) is 6.87. The molecule has 0 spiro atoms. The van der Waals surface area contributed by atoms with Gasteiger partial charge in [0, 0.05) is 4.88 Å². The maximum absolute atomic E-state index is 12.7. The van der Waals surface area contributed by atoms with Crippen molar-refractivity contribution in [2.75, 3.05) is 11.9 Å². The number of para-hydroxylation sites is 2. The Labute approximate surface area is 148 Å². The highest BCUT2D eigenvalue weighted by Gasteiger charge is 2.45. The van der Waals surface area contributed by atoms with Crippen molar-refractivity contribution in [2.24, 2.45) is 5.92 Å². The summed E-state index contributed by atoms with van der Waals surface area (Å²) in [5, 5.41) is 4.74. The summed E-state index contributed by atoms with van der Waals surface area (Å²) in [7, 11) is 0. The number of amides is 1. The molecule has 6 nitrogen and oxygen atoms in total. The van der Waals surface area contributed by atoms with E-state index in [1.54, 1.807) is 6.92 Å². The Morgan fingerprint density at radius 3 is 2.88 bits per heavy atom. The lowest BCUT2D eigenvalue weighted by Crippen LogP contribution is -2.43. The van der Waals surface area contributed by atoms with Crippen molar-refractivity contribution < 1.29 is 14.3 Å². The van der Waals surface area contributed by atoms with Crippen LogP contribution in [0.15, 0.2) is 35.7 Å². The number of carbonyl (C=O) groups excluding carboxylic acids is 2. The number of rotatable bonds is 3. The summed E-state index contributed by atoms with van der Waals surface area (Å²) >= 11 is 1.54. The highest BCUT2D eigenvalue weighted by molar-refractivity contribution is 7.10. The molecule has 0 saturated carbocycles. The lowest BCUT2D eigenvalue weighted by atomic mass is 9.93. The van der Waals surface area contributed by atoms with Crippen molar-refractivity contribution in [3.63, 3.8) is 0 Å². The average molecular weight is 355 g/mol. The fraction of sp³-hybridized carbons (Fsp3) is 0.278. The Balaban J connectivity index is 1.97. The number of hydrogen-bond acceptors (Lipinski definition) is 5. The number of thiophene rings is 1. The zero-order valence-corrected chi connectivity index (χ0v) is 14.7. The van der Waals surface area contributed by atoms with E-state index in [0.717, 1.165) is 21.5 Å². The minimum Gasteiger partial charge on any atom is -0.465 e. The Hall–Kier alpha value is -2.67. The van der Waals surface area contributed by atoms with Crippen LogP contribution in [0, 0.1) is 12.8 Å². The fourth-order valence-corrected chi connectivity index (χ4v) is 4.37. The molecular weight excluding hydrogens is 338 g/mol. The summed E-state index contributed by atoms with van der Waals surface area (Å²) in [4.78, 5) is 30.8. The van der Waals surface area contributed by atoms with E-state index in [4.69, 9.17) is 4.74 Å². The number of aromatic nitrogens is 2. The third-order valence-electron chi connectivity index (χ3n) is 4.42. The van der Waals surface area contributed by atoms with Crippen LogP contribution in [0.25, 0.3) is 11.0 Å². The maximum atomic E-state index is 12.7. The highest BCUT2D eigenvalue weighted by atomic mass is 32.1. The topological polar surface area (TPSA) is 73.2 Å². The van der Waals surface area contributed by atoms with Gasteiger partial charge in [0.25, 0.3) is 0 Å². The first-order valence-corrected chi connectivity index (χ1v) is 8.98. The molecule has 128 valence electrons. The first-order chi connectivity index (χ1) is 12.1. The van der Waals surface area contributed by atoms with Crippen LogP contribution in [0.3, 0.4) is 0 Å². The van der Waals surface area contributed by atoms with Gasteiger partial charge in [0.15, 0.2) is 5.92 Å². The molecule has 2 atom stereocenters. The van der Waals surface area contributed by atoms with Gasteiger partial charge in [0.2, 0.25) is 11.9 Å². The summed E-state index contributed by atoms with van der Waals surface area (Å²) in [5.74, 6) is -1.37. The van der Waals surface area contributed by atoms with Crippen molar-refractivity contribution in [1.82, 2.24) is 9.55 Å². The molecule has 7 heteroatoms. The lowest BCUT2D eigenvalue weighted by molar-refractivity contribution is -0.152. The standard InChI is InChI=1S/C18H17N3O3S/c1-3-24-17(23)13-14(15-10(2)8-9-25-15)21-12-7-5-4-6-11(12)19-18(21)20-16(13)22/h4-9,13-14H,3H2,1-2H3,(H,19,20,22)/t13-,14+/m0/s1. The van der Waals surface area contributed by atoms with Crippen LogP contribution in [0.4, 0.5) is 5.95 Å². The molecule has 1 aromatic carbocycles. The molecule has 0 fully saturated rings. The van der Waals surface area contributed by atoms with Crippen LogP contribution in [0.1, 0.15) is 23.4 Å². The van der Waals surface area contributed by atoms with Gasteiger partial charge in [-0.25, -0.2) is 4.98 Å². The molecule has 25 heavy (non-hydrogen) atoms. The highest BCUT2D eigenvalue weighted by Crippen LogP contribution is 2.41. The van der Waals surface area contributed by atoms with E-state index in [2.05, 4.69) is 10.3 Å². The van der Waals surface area contributed by atoms with E-state index in [1.165, 1.54) is 11.3 Å². The van der Waals surface area contributed by atoms with Gasteiger partial charge in [0.1, 0.15) is 0 Å². The molecule has 0 saturated heterocycles. The zero-order valence-electron chi connectivity index (χ0n) is 13.9. The summed E-state index contributed by atoms with van der Waals surface area (Å²) in [6.07, 6.45) is 0. The molecule has 1 aliphatic rings. The molecule has 1 amide bonds. The molecule has 2 aromatic heterocycles. The molecule has 3 aromatic rings.